The van der Waals surface area contributed by atoms with Gasteiger partial charge in [-0.2, -0.15) is 0 Å². The predicted molar refractivity (Wildman–Crippen MR) is 97.2 cm³/mol. The zero-order valence-corrected chi connectivity index (χ0v) is 15.5. The van der Waals surface area contributed by atoms with Crippen molar-refractivity contribution < 1.29 is 9.53 Å². The lowest BCUT2D eigenvalue weighted by Gasteiger charge is -2.37. The molecule has 1 fully saturated rings. The molecule has 0 aliphatic carbocycles. The summed E-state index contributed by atoms with van der Waals surface area (Å²) in [4.78, 5) is 19.0. The lowest BCUT2D eigenvalue weighted by Crippen LogP contribution is -2.42. The van der Waals surface area contributed by atoms with E-state index in [1.165, 1.54) is 0 Å². The van der Waals surface area contributed by atoms with E-state index in [1.54, 1.807) is 6.20 Å². The maximum atomic E-state index is 12.6. The van der Waals surface area contributed by atoms with Gasteiger partial charge in [-0.05, 0) is 52.5 Å². The molecular formula is C19H31N3O2. The molecule has 0 saturated carbocycles. The highest BCUT2D eigenvalue weighted by molar-refractivity contribution is 5.69. The molecule has 1 N–H and O–H groups in total. The van der Waals surface area contributed by atoms with E-state index in [4.69, 9.17) is 4.74 Å². The van der Waals surface area contributed by atoms with Crippen molar-refractivity contribution in [3.63, 3.8) is 0 Å². The second-order valence-electron chi connectivity index (χ2n) is 7.41. The molecule has 134 valence electrons. The Kier molecular flexibility index (Phi) is 6.46. The molecule has 1 aromatic rings. The number of aromatic nitrogens is 1. The molecule has 1 saturated heterocycles. The summed E-state index contributed by atoms with van der Waals surface area (Å²) >= 11 is 0. The maximum Gasteiger partial charge on any atom is 0.410 e. The Morgan fingerprint density at radius 1 is 1.42 bits per heavy atom. The zero-order chi connectivity index (χ0) is 17.6. The van der Waals surface area contributed by atoms with Gasteiger partial charge in [-0.1, -0.05) is 19.4 Å². The fraction of sp³-hybridized carbons (Fsp3) is 0.684. The first-order valence-electron chi connectivity index (χ1n) is 9.11. The molecule has 24 heavy (non-hydrogen) atoms. The van der Waals surface area contributed by atoms with E-state index in [9.17, 15) is 4.79 Å². The number of carbonyl (C=O) groups excluding carboxylic acids is 1. The molecule has 2 heterocycles. The SMILES string of the molecule is CCCCNc1ncccc1[C@@H]1CCCCN1C(=O)OC(C)(C)C. The fourth-order valence-corrected chi connectivity index (χ4v) is 3.01. The molecule has 0 aromatic carbocycles. The van der Waals surface area contributed by atoms with Crippen LogP contribution in [0.2, 0.25) is 0 Å². The van der Waals surface area contributed by atoms with Crippen LogP contribution in [0.3, 0.4) is 0 Å². The molecule has 1 aromatic heterocycles. The van der Waals surface area contributed by atoms with E-state index in [0.717, 1.165) is 56.6 Å². The number of pyridine rings is 1. The summed E-state index contributed by atoms with van der Waals surface area (Å²) in [5, 5.41) is 3.43. The number of carbonyl (C=O) groups is 1. The molecule has 0 unspecified atom stereocenters. The second kappa shape index (κ2) is 8.36. The third kappa shape index (κ3) is 5.11. The van der Waals surface area contributed by atoms with Crippen molar-refractivity contribution in [1.82, 2.24) is 9.88 Å². The summed E-state index contributed by atoms with van der Waals surface area (Å²) in [6.45, 7) is 9.54. The van der Waals surface area contributed by atoms with Crippen molar-refractivity contribution in [3.05, 3.63) is 23.9 Å². The van der Waals surface area contributed by atoms with Gasteiger partial charge in [-0.15, -0.1) is 0 Å². The zero-order valence-electron chi connectivity index (χ0n) is 15.5. The lowest BCUT2D eigenvalue weighted by molar-refractivity contribution is 0.00957. The van der Waals surface area contributed by atoms with Crippen LogP contribution in [0.1, 0.15) is 71.4 Å². The minimum Gasteiger partial charge on any atom is -0.444 e. The van der Waals surface area contributed by atoms with Crippen LogP contribution in [0.25, 0.3) is 0 Å². The summed E-state index contributed by atoms with van der Waals surface area (Å²) in [5.74, 6) is 0.895. The molecule has 0 radical (unpaired) electrons. The highest BCUT2D eigenvalue weighted by atomic mass is 16.6. The first-order valence-corrected chi connectivity index (χ1v) is 9.11. The van der Waals surface area contributed by atoms with Gasteiger partial charge in [0, 0.05) is 24.8 Å². The minimum absolute atomic E-state index is 0.0337. The highest BCUT2D eigenvalue weighted by Crippen LogP contribution is 2.35. The molecule has 5 nitrogen and oxygen atoms in total. The van der Waals surface area contributed by atoms with Crippen LogP contribution >= 0.6 is 0 Å². The number of amides is 1. The molecular weight excluding hydrogens is 302 g/mol. The summed E-state index contributed by atoms with van der Waals surface area (Å²) in [6.07, 6.45) is 6.92. The predicted octanol–water partition coefficient (Wildman–Crippen LogP) is 4.76. The van der Waals surface area contributed by atoms with Crippen LogP contribution in [0.15, 0.2) is 18.3 Å². The van der Waals surface area contributed by atoms with Gasteiger partial charge in [0.05, 0.1) is 6.04 Å². The number of piperidine rings is 1. The van der Waals surface area contributed by atoms with Crippen molar-refractivity contribution in [2.45, 2.75) is 71.4 Å². The van der Waals surface area contributed by atoms with Gasteiger partial charge in [0.25, 0.3) is 0 Å². The molecule has 1 aliphatic heterocycles. The highest BCUT2D eigenvalue weighted by Gasteiger charge is 2.32. The summed E-state index contributed by atoms with van der Waals surface area (Å²) in [6, 6.07) is 4.06. The molecule has 5 heteroatoms. The van der Waals surface area contributed by atoms with Gasteiger partial charge in [0.15, 0.2) is 0 Å². The number of hydrogen-bond donors (Lipinski definition) is 1. The smallest absolute Gasteiger partial charge is 0.410 e. The van der Waals surface area contributed by atoms with E-state index in [2.05, 4.69) is 23.3 Å². The van der Waals surface area contributed by atoms with Crippen molar-refractivity contribution in [2.24, 2.45) is 0 Å². The standard InChI is InChI=1S/C19H31N3O2/c1-5-6-12-20-17-15(10-9-13-21-17)16-11-7-8-14-22(16)18(23)24-19(2,3)4/h9-10,13,16H,5-8,11-12,14H2,1-4H3,(H,20,21)/t16-/m0/s1. The Hall–Kier alpha value is -1.78. The first-order chi connectivity index (χ1) is 11.4. The Balaban J connectivity index is 2.19. The molecule has 1 atom stereocenters. The van der Waals surface area contributed by atoms with Crippen molar-refractivity contribution in [1.29, 1.82) is 0 Å². The van der Waals surface area contributed by atoms with Crippen molar-refractivity contribution in [2.75, 3.05) is 18.4 Å². The van der Waals surface area contributed by atoms with Crippen LogP contribution in [0.5, 0.6) is 0 Å². The third-order valence-corrected chi connectivity index (χ3v) is 4.15. The molecule has 2 rings (SSSR count). The quantitative estimate of drug-likeness (QED) is 0.790. The van der Waals surface area contributed by atoms with Crippen LogP contribution in [0, 0.1) is 0 Å². The van der Waals surface area contributed by atoms with E-state index in [1.807, 2.05) is 31.7 Å². The molecule has 0 spiro atoms. The number of unbranched alkanes of at least 4 members (excludes halogenated alkanes) is 1. The van der Waals surface area contributed by atoms with Gasteiger partial charge in [-0.25, -0.2) is 9.78 Å². The van der Waals surface area contributed by atoms with Crippen LogP contribution in [0.4, 0.5) is 10.6 Å². The largest absolute Gasteiger partial charge is 0.444 e. The number of ether oxygens (including phenoxy) is 1. The van der Waals surface area contributed by atoms with E-state index < -0.39 is 5.60 Å². The van der Waals surface area contributed by atoms with Crippen LogP contribution in [-0.2, 0) is 4.74 Å². The third-order valence-electron chi connectivity index (χ3n) is 4.15. The van der Waals surface area contributed by atoms with Gasteiger partial charge in [0.2, 0.25) is 0 Å². The van der Waals surface area contributed by atoms with Crippen molar-refractivity contribution >= 4 is 11.9 Å². The van der Waals surface area contributed by atoms with Gasteiger partial charge < -0.3 is 15.0 Å². The lowest BCUT2D eigenvalue weighted by atomic mass is 9.96. The Morgan fingerprint density at radius 2 is 2.21 bits per heavy atom. The summed E-state index contributed by atoms with van der Waals surface area (Å²) in [5.41, 5.74) is 0.620. The number of anilines is 1. The van der Waals surface area contributed by atoms with Gasteiger partial charge in [-0.3, -0.25) is 0 Å². The molecule has 1 aliphatic rings. The van der Waals surface area contributed by atoms with Crippen molar-refractivity contribution in [3.8, 4) is 0 Å². The minimum atomic E-state index is -0.476. The molecule has 1 amide bonds. The van der Waals surface area contributed by atoms with Crippen LogP contribution in [-0.4, -0.2) is 34.7 Å². The fourth-order valence-electron chi connectivity index (χ4n) is 3.01. The topological polar surface area (TPSA) is 54.5 Å². The van der Waals surface area contributed by atoms with E-state index in [-0.39, 0.29) is 12.1 Å². The van der Waals surface area contributed by atoms with E-state index >= 15 is 0 Å². The van der Waals surface area contributed by atoms with Gasteiger partial charge >= 0.3 is 6.09 Å². The number of hydrogen-bond acceptors (Lipinski definition) is 4. The summed E-state index contributed by atoms with van der Waals surface area (Å²) < 4.78 is 5.61. The summed E-state index contributed by atoms with van der Waals surface area (Å²) in [7, 11) is 0. The first kappa shape index (κ1) is 18.6. The average Bonchev–Trinajstić information content (AvgIpc) is 2.54. The Labute approximate surface area is 145 Å². The number of nitrogens with zero attached hydrogens (tertiary/aromatic N) is 2. The average molecular weight is 333 g/mol. The Morgan fingerprint density at radius 3 is 2.92 bits per heavy atom. The van der Waals surface area contributed by atoms with Gasteiger partial charge in [0.1, 0.15) is 11.4 Å². The Bertz CT molecular complexity index is 540. The van der Waals surface area contributed by atoms with Crippen LogP contribution < -0.4 is 5.32 Å². The maximum absolute atomic E-state index is 12.6. The second-order valence-corrected chi connectivity index (χ2v) is 7.41. The normalized spacial score (nSPS) is 18.3. The molecule has 0 bridgehead atoms. The number of rotatable bonds is 5. The number of nitrogens with one attached hydrogen (secondary N) is 1. The number of likely N-dealkylation sites (tertiary alicyclic amines) is 1. The monoisotopic (exact) mass is 333 g/mol. The van der Waals surface area contributed by atoms with E-state index in [0.29, 0.717) is 0 Å².